The van der Waals surface area contributed by atoms with Crippen LogP contribution >= 0.6 is 0 Å². The van der Waals surface area contributed by atoms with Gasteiger partial charge in [0.25, 0.3) is 0 Å². The first-order valence-corrected chi connectivity index (χ1v) is 6.10. The van der Waals surface area contributed by atoms with Crippen LogP contribution < -0.4 is 5.73 Å². The topological polar surface area (TPSA) is 26.0 Å². The van der Waals surface area contributed by atoms with Gasteiger partial charge >= 0.3 is 0 Å². The smallest absolute Gasteiger partial charge is 0.126 e. The summed E-state index contributed by atoms with van der Waals surface area (Å²) in [5.74, 6) is -0.151. The van der Waals surface area contributed by atoms with E-state index in [0.29, 0.717) is 5.56 Å². The summed E-state index contributed by atoms with van der Waals surface area (Å²) in [6, 6.07) is 7.10. The number of aryl methyl sites for hydroxylation is 2. The molecule has 2 aromatic carbocycles. The SMILES string of the molecule is CC.CCc1cc(N)cc2ccc(F)c(C)c12. The van der Waals surface area contributed by atoms with Gasteiger partial charge in [-0.1, -0.05) is 26.8 Å². The second-order valence-electron chi connectivity index (χ2n) is 3.80. The zero-order chi connectivity index (χ0) is 13.0. The van der Waals surface area contributed by atoms with Crippen molar-refractivity contribution >= 4 is 16.5 Å². The molecular formula is C15H20FN. The molecule has 0 bridgehead atoms. The number of rotatable bonds is 1. The highest BCUT2D eigenvalue weighted by atomic mass is 19.1. The minimum atomic E-state index is -0.151. The summed E-state index contributed by atoms with van der Waals surface area (Å²) in [5.41, 5.74) is 8.36. The third-order valence-electron chi connectivity index (χ3n) is 2.80. The number of nitrogen functional groups attached to an aromatic ring is 1. The summed E-state index contributed by atoms with van der Waals surface area (Å²) in [6.07, 6.45) is 0.867. The number of hydrogen-bond donors (Lipinski definition) is 1. The molecular weight excluding hydrogens is 213 g/mol. The Morgan fingerprint density at radius 1 is 1.18 bits per heavy atom. The lowest BCUT2D eigenvalue weighted by atomic mass is 9.97. The van der Waals surface area contributed by atoms with Gasteiger partial charge in [0.15, 0.2) is 0 Å². The second-order valence-corrected chi connectivity index (χ2v) is 3.80. The van der Waals surface area contributed by atoms with E-state index in [1.165, 1.54) is 6.07 Å². The van der Waals surface area contributed by atoms with E-state index in [2.05, 4.69) is 6.92 Å². The van der Waals surface area contributed by atoms with Gasteiger partial charge in [-0.25, -0.2) is 4.39 Å². The van der Waals surface area contributed by atoms with Gasteiger partial charge in [0.05, 0.1) is 0 Å². The summed E-state index contributed by atoms with van der Waals surface area (Å²) >= 11 is 0. The third-order valence-corrected chi connectivity index (χ3v) is 2.80. The Hall–Kier alpha value is -1.57. The highest BCUT2D eigenvalue weighted by Crippen LogP contribution is 2.27. The molecule has 0 radical (unpaired) electrons. The van der Waals surface area contributed by atoms with Crippen molar-refractivity contribution in [1.29, 1.82) is 0 Å². The Bertz CT molecular complexity index is 518. The molecule has 0 spiro atoms. The van der Waals surface area contributed by atoms with Gasteiger partial charge < -0.3 is 5.73 Å². The second kappa shape index (κ2) is 5.67. The van der Waals surface area contributed by atoms with Crippen LogP contribution in [0.3, 0.4) is 0 Å². The summed E-state index contributed by atoms with van der Waals surface area (Å²) in [7, 11) is 0. The first-order chi connectivity index (χ1) is 8.13. The fourth-order valence-electron chi connectivity index (χ4n) is 2.03. The van der Waals surface area contributed by atoms with Crippen molar-refractivity contribution in [2.75, 3.05) is 5.73 Å². The lowest BCUT2D eigenvalue weighted by Crippen LogP contribution is -1.94. The number of hydrogen-bond acceptors (Lipinski definition) is 1. The molecule has 2 heteroatoms. The van der Waals surface area contributed by atoms with Crippen LogP contribution in [0.15, 0.2) is 24.3 Å². The van der Waals surface area contributed by atoms with Crippen molar-refractivity contribution in [3.8, 4) is 0 Å². The van der Waals surface area contributed by atoms with Gasteiger partial charge in [-0.2, -0.15) is 0 Å². The molecule has 2 rings (SSSR count). The van der Waals surface area contributed by atoms with E-state index in [1.54, 1.807) is 6.07 Å². The van der Waals surface area contributed by atoms with Crippen molar-refractivity contribution < 1.29 is 4.39 Å². The highest BCUT2D eigenvalue weighted by Gasteiger charge is 2.07. The molecule has 17 heavy (non-hydrogen) atoms. The number of fused-ring (bicyclic) bond motifs is 1. The Kier molecular flexibility index (Phi) is 4.50. The van der Waals surface area contributed by atoms with Gasteiger partial charge in [-0.3, -0.25) is 0 Å². The normalized spacial score (nSPS) is 9.94. The predicted octanol–water partition coefficient (Wildman–Crippen LogP) is 4.46. The average molecular weight is 233 g/mol. The molecule has 0 unspecified atom stereocenters. The molecule has 92 valence electrons. The van der Waals surface area contributed by atoms with E-state index >= 15 is 0 Å². The van der Waals surface area contributed by atoms with E-state index in [9.17, 15) is 4.39 Å². The molecule has 0 aliphatic carbocycles. The third kappa shape index (κ3) is 2.57. The quantitative estimate of drug-likeness (QED) is 0.723. The monoisotopic (exact) mass is 233 g/mol. The Morgan fingerprint density at radius 3 is 2.41 bits per heavy atom. The minimum absolute atomic E-state index is 0.151. The average Bonchev–Trinajstić information content (AvgIpc) is 2.35. The molecule has 0 aliphatic rings. The summed E-state index contributed by atoms with van der Waals surface area (Å²) in [4.78, 5) is 0. The Morgan fingerprint density at radius 2 is 1.82 bits per heavy atom. The van der Waals surface area contributed by atoms with E-state index in [-0.39, 0.29) is 5.82 Å². The zero-order valence-corrected chi connectivity index (χ0v) is 11.0. The van der Waals surface area contributed by atoms with Crippen LogP contribution in [0.5, 0.6) is 0 Å². The number of anilines is 1. The van der Waals surface area contributed by atoms with Crippen LogP contribution in [0.4, 0.5) is 10.1 Å². The molecule has 0 amide bonds. The van der Waals surface area contributed by atoms with Crippen molar-refractivity contribution in [1.82, 2.24) is 0 Å². The first-order valence-electron chi connectivity index (χ1n) is 6.10. The molecule has 0 heterocycles. The molecule has 2 aromatic rings. The van der Waals surface area contributed by atoms with Gasteiger partial charge in [0.2, 0.25) is 0 Å². The fraction of sp³-hybridized carbons (Fsp3) is 0.333. The molecule has 0 saturated heterocycles. The van der Waals surface area contributed by atoms with Crippen molar-refractivity contribution in [2.24, 2.45) is 0 Å². The molecule has 1 nitrogen and oxygen atoms in total. The van der Waals surface area contributed by atoms with Gasteiger partial charge in [-0.05, 0) is 53.4 Å². The van der Waals surface area contributed by atoms with E-state index < -0.39 is 0 Å². The number of nitrogens with two attached hydrogens (primary N) is 1. The minimum Gasteiger partial charge on any atom is -0.399 e. The van der Waals surface area contributed by atoms with Crippen LogP contribution in [-0.4, -0.2) is 0 Å². The van der Waals surface area contributed by atoms with Crippen LogP contribution in [0.2, 0.25) is 0 Å². The molecule has 0 saturated carbocycles. The predicted molar refractivity (Wildman–Crippen MR) is 73.8 cm³/mol. The zero-order valence-electron chi connectivity index (χ0n) is 11.0. The van der Waals surface area contributed by atoms with E-state index in [0.717, 1.165) is 28.4 Å². The molecule has 0 aliphatic heterocycles. The largest absolute Gasteiger partial charge is 0.399 e. The van der Waals surface area contributed by atoms with Crippen molar-refractivity contribution in [2.45, 2.75) is 34.1 Å². The molecule has 0 atom stereocenters. The summed E-state index contributed by atoms with van der Waals surface area (Å²) < 4.78 is 13.4. The standard InChI is InChI=1S/C13H14FN.C2H6/c1-3-9-6-11(15)7-10-4-5-12(14)8(2)13(9)10;1-2/h4-7H,3,15H2,1-2H3;1-2H3. The van der Waals surface area contributed by atoms with Gasteiger partial charge in [0.1, 0.15) is 5.82 Å². The van der Waals surface area contributed by atoms with Crippen molar-refractivity contribution in [3.63, 3.8) is 0 Å². The lowest BCUT2D eigenvalue weighted by molar-refractivity contribution is 0.621. The molecule has 2 N–H and O–H groups in total. The van der Waals surface area contributed by atoms with Crippen LogP contribution in [0.1, 0.15) is 31.9 Å². The van der Waals surface area contributed by atoms with Gasteiger partial charge in [0, 0.05) is 5.69 Å². The van der Waals surface area contributed by atoms with Crippen molar-refractivity contribution in [3.05, 3.63) is 41.2 Å². The Labute approximate surface area is 102 Å². The number of halogens is 1. The fourth-order valence-corrected chi connectivity index (χ4v) is 2.03. The van der Waals surface area contributed by atoms with E-state index in [4.69, 9.17) is 5.73 Å². The van der Waals surface area contributed by atoms with Gasteiger partial charge in [-0.15, -0.1) is 0 Å². The Balaban J connectivity index is 0.000000686. The highest BCUT2D eigenvalue weighted by molar-refractivity contribution is 5.91. The van der Waals surface area contributed by atoms with Crippen LogP contribution in [-0.2, 0) is 6.42 Å². The summed E-state index contributed by atoms with van der Waals surface area (Å²) in [5, 5.41) is 2.03. The van der Waals surface area contributed by atoms with E-state index in [1.807, 2.05) is 32.9 Å². The van der Waals surface area contributed by atoms with Crippen LogP contribution in [0.25, 0.3) is 10.8 Å². The lowest BCUT2D eigenvalue weighted by Gasteiger charge is -2.09. The van der Waals surface area contributed by atoms with Crippen LogP contribution in [0, 0.1) is 12.7 Å². The maximum atomic E-state index is 13.4. The molecule has 0 aromatic heterocycles. The summed E-state index contributed by atoms with van der Waals surface area (Å²) in [6.45, 7) is 7.87. The maximum Gasteiger partial charge on any atom is 0.126 e. The number of benzene rings is 2. The maximum absolute atomic E-state index is 13.4. The first kappa shape index (κ1) is 13.5. The molecule has 0 fully saturated rings.